The molecule has 0 saturated heterocycles. The minimum Gasteiger partial charge on any atom is -0.335 e. The molecule has 0 aliphatic carbocycles. The second-order valence-corrected chi connectivity index (χ2v) is 3.91. The Morgan fingerprint density at radius 3 is 2.40 bits per heavy atom. The fraction of sp³-hybridized carbons (Fsp3) is 0.111. The molecule has 0 unspecified atom stereocenters. The first kappa shape index (κ1) is 10.2. The number of nitrogens with two attached hydrogens (primary N) is 1. The highest BCUT2D eigenvalue weighted by Crippen LogP contribution is 2.18. The van der Waals surface area contributed by atoms with E-state index in [2.05, 4.69) is 5.10 Å². The van der Waals surface area contributed by atoms with Crippen LogP contribution in [0.2, 0.25) is 5.02 Å². The van der Waals surface area contributed by atoms with Gasteiger partial charge in [-0.3, -0.25) is 0 Å². The van der Waals surface area contributed by atoms with Gasteiger partial charge in [-0.05, 0) is 36.5 Å². The number of hydrogen-bond acceptors (Lipinski definition) is 3. The summed E-state index contributed by atoms with van der Waals surface area (Å²) in [7, 11) is 1.76. The standard InChI is InChI=1S/C9H9ClN4S/c1-13-9(15)14(11)8(12-13)6-2-4-7(10)5-3-6/h2-5H,11H2,1H3. The molecule has 0 aliphatic heterocycles. The second kappa shape index (κ2) is 3.67. The number of aryl methyl sites for hydroxylation is 1. The van der Waals surface area contributed by atoms with Gasteiger partial charge in [-0.25, -0.2) is 9.36 Å². The fourth-order valence-electron chi connectivity index (χ4n) is 1.28. The van der Waals surface area contributed by atoms with Gasteiger partial charge >= 0.3 is 0 Å². The van der Waals surface area contributed by atoms with Gasteiger partial charge in [0.05, 0.1) is 0 Å². The van der Waals surface area contributed by atoms with Crippen molar-refractivity contribution in [1.82, 2.24) is 14.5 Å². The fourth-order valence-corrected chi connectivity index (χ4v) is 1.53. The molecule has 0 radical (unpaired) electrons. The van der Waals surface area contributed by atoms with Gasteiger partial charge in [-0.2, -0.15) is 5.10 Å². The van der Waals surface area contributed by atoms with Crippen LogP contribution in [0.4, 0.5) is 0 Å². The Hall–Kier alpha value is -1.33. The summed E-state index contributed by atoms with van der Waals surface area (Å²) in [5.41, 5.74) is 0.883. The SMILES string of the molecule is Cn1nc(-c2ccc(Cl)cc2)n(N)c1=S. The van der Waals surface area contributed by atoms with Gasteiger partial charge in [0.25, 0.3) is 0 Å². The molecule has 2 N–H and O–H groups in total. The molecule has 0 amide bonds. The Morgan fingerprint density at radius 2 is 1.93 bits per heavy atom. The minimum absolute atomic E-state index is 0.472. The quantitative estimate of drug-likeness (QED) is 0.613. The Labute approximate surface area is 96.9 Å². The van der Waals surface area contributed by atoms with Crippen LogP contribution >= 0.6 is 23.8 Å². The van der Waals surface area contributed by atoms with Gasteiger partial charge in [0.15, 0.2) is 5.82 Å². The topological polar surface area (TPSA) is 48.8 Å². The third kappa shape index (κ3) is 1.75. The Bertz CT molecular complexity index is 540. The summed E-state index contributed by atoms with van der Waals surface area (Å²) >= 11 is 10.8. The summed E-state index contributed by atoms with van der Waals surface area (Å²) in [5, 5.41) is 4.89. The number of rotatable bonds is 1. The van der Waals surface area contributed by atoms with E-state index in [1.165, 1.54) is 4.68 Å². The molecule has 15 heavy (non-hydrogen) atoms. The third-order valence-corrected chi connectivity index (χ3v) is 2.77. The minimum atomic E-state index is 0.472. The number of benzene rings is 1. The lowest BCUT2D eigenvalue weighted by Crippen LogP contribution is -2.10. The Morgan fingerprint density at radius 1 is 1.33 bits per heavy atom. The van der Waals surface area contributed by atoms with Gasteiger partial charge in [0.1, 0.15) is 0 Å². The highest BCUT2D eigenvalue weighted by atomic mass is 35.5. The summed E-state index contributed by atoms with van der Waals surface area (Å²) < 4.78 is 3.40. The average molecular weight is 241 g/mol. The van der Waals surface area contributed by atoms with Crippen LogP contribution in [0.1, 0.15) is 0 Å². The van der Waals surface area contributed by atoms with E-state index in [0.29, 0.717) is 15.6 Å². The third-order valence-electron chi connectivity index (χ3n) is 2.06. The van der Waals surface area contributed by atoms with Crippen LogP contribution in [-0.2, 0) is 7.05 Å². The zero-order valence-electron chi connectivity index (χ0n) is 8.01. The zero-order valence-corrected chi connectivity index (χ0v) is 9.59. The van der Waals surface area contributed by atoms with E-state index in [4.69, 9.17) is 29.7 Å². The van der Waals surface area contributed by atoms with Crippen molar-refractivity contribution in [2.75, 3.05) is 5.84 Å². The van der Waals surface area contributed by atoms with Gasteiger partial charge in [0, 0.05) is 17.6 Å². The van der Waals surface area contributed by atoms with Crippen LogP contribution < -0.4 is 5.84 Å². The van der Waals surface area contributed by atoms with Gasteiger partial charge in [0.2, 0.25) is 4.77 Å². The van der Waals surface area contributed by atoms with E-state index in [1.807, 2.05) is 12.1 Å². The van der Waals surface area contributed by atoms with Crippen molar-refractivity contribution >= 4 is 23.8 Å². The predicted molar refractivity (Wildman–Crippen MR) is 62.6 cm³/mol. The molecular formula is C9H9ClN4S. The molecule has 78 valence electrons. The van der Waals surface area contributed by atoms with E-state index in [1.54, 1.807) is 23.9 Å². The van der Waals surface area contributed by atoms with E-state index >= 15 is 0 Å². The maximum absolute atomic E-state index is 5.79. The Balaban J connectivity index is 2.59. The first-order valence-electron chi connectivity index (χ1n) is 4.26. The first-order valence-corrected chi connectivity index (χ1v) is 5.05. The lowest BCUT2D eigenvalue weighted by molar-refractivity contribution is 0.747. The molecule has 0 spiro atoms. The van der Waals surface area contributed by atoms with Crippen LogP contribution in [0.15, 0.2) is 24.3 Å². The molecular weight excluding hydrogens is 232 g/mol. The Kier molecular flexibility index (Phi) is 2.50. The van der Waals surface area contributed by atoms with Gasteiger partial charge in [-0.1, -0.05) is 11.6 Å². The molecule has 1 aromatic carbocycles. The van der Waals surface area contributed by atoms with Crippen molar-refractivity contribution in [3.8, 4) is 11.4 Å². The van der Waals surface area contributed by atoms with Crippen LogP contribution in [0.5, 0.6) is 0 Å². The molecule has 6 heteroatoms. The van der Waals surface area contributed by atoms with Crippen molar-refractivity contribution in [3.63, 3.8) is 0 Å². The highest BCUT2D eigenvalue weighted by Gasteiger charge is 2.07. The molecule has 0 bridgehead atoms. The summed E-state index contributed by atoms with van der Waals surface area (Å²) in [5.74, 6) is 6.39. The maximum Gasteiger partial charge on any atom is 0.216 e. The second-order valence-electron chi connectivity index (χ2n) is 3.11. The average Bonchev–Trinajstić information content (AvgIpc) is 2.47. The number of hydrogen-bond donors (Lipinski definition) is 1. The van der Waals surface area contributed by atoms with E-state index in [0.717, 1.165) is 5.56 Å². The van der Waals surface area contributed by atoms with Crippen LogP contribution in [0, 0.1) is 4.77 Å². The predicted octanol–water partition coefficient (Wildman–Crippen LogP) is 1.99. The smallest absolute Gasteiger partial charge is 0.216 e. The van der Waals surface area contributed by atoms with Crippen LogP contribution in [-0.4, -0.2) is 14.5 Å². The molecule has 0 saturated carbocycles. The van der Waals surface area contributed by atoms with Gasteiger partial charge in [-0.15, -0.1) is 0 Å². The van der Waals surface area contributed by atoms with Gasteiger partial charge < -0.3 is 5.84 Å². The summed E-state index contributed by atoms with van der Waals surface area (Å²) in [6, 6.07) is 7.27. The zero-order chi connectivity index (χ0) is 11.0. The largest absolute Gasteiger partial charge is 0.335 e. The van der Waals surface area contributed by atoms with Crippen molar-refractivity contribution in [3.05, 3.63) is 34.1 Å². The molecule has 1 heterocycles. The van der Waals surface area contributed by atoms with Crippen LogP contribution in [0.25, 0.3) is 11.4 Å². The van der Waals surface area contributed by atoms with E-state index in [9.17, 15) is 0 Å². The van der Waals surface area contributed by atoms with Crippen molar-refractivity contribution in [2.45, 2.75) is 0 Å². The normalized spacial score (nSPS) is 10.5. The molecule has 0 aliphatic rings. The number of halogens is 1. The molecule has 4 nitrogen and oxygen atoms in total. The molecule has 0 fully saturated rings. The number of nitrogens with zero attached hydrogens (tertiary/aromatic N) is 3. The number of aromatic nitrogens is 3. The summed E-state index contributed by atoms with van der Waals surface area (Å²) in [6.45, 7) is 0. The summed E-state index contributed by atoms with van der Waals surface area (Å²) in [6.07, 6.45) is 0. The maximum atomic E-state index is 5.79. The highest BCUT2D eigenvalue weighted by molar-refractivity contribution is 7.71. The van der Waals surface area contributed by atoms with E-state index < -0.39 is 0 Å². The van der Waals surface area contributed by atoms with E-state index in [-0.39, 0.29) is 0 Å². The monoisotopic (exact) mass is 240 g/mol. The molecule has 1 aromatic heterocycles. The van der Waals surface area contributed by atoms with Crippen LogP contribution in [0.3, 0.4) is 0 Å². The molecule has 0 atom stereocenters. The molecule has 2 rings (SSSR count). The summed E-state index contributed by atoms with van der Waals surface area (Å²) in [4.78, 5) is 0. The molecule has 2 aromatic rings. The lowest BCUT2D eigenvalue weighted by Gasteiger charge is -1.99. The van der Waals surface area contributed by atoms with Crippen molar-refractivity contribution in [1.29, 1.82) is 0 Å². The van der Waals surface area contributed by atoms with Crippen molar-refractivity contribution < 1.29 is 0 Å². The lowest BCUT2D eigenvalue weighted by atomic mass is 10.2. The number of nitrogen functional groups attached to an aromatic ring is 1. The van der Waals surface area contributed by atoms with Crippen molar-refractivity contribution in [2.24, 2.45) is 7.05 Å². The first-order chi connectivity index (χ1) is 7.09.